The number of benzene rings is 1. The van der Waals surface area contributed by atoms with Crippen LogP contribution in [0.3, 0.4) is 0 Å². The Bertz CT molecular complexity index is 439. The Morgan fingerprint density at radius 3 is 2.18 bits per heavy atom. The van der Waals surface area contributed by atoms with Gasteiger partial charge in [-0.15, -0.1) is 0 Å². The van der Waals surface area contributed by atoms with Crippen LogP contribution in [0.15, 0.2) is 24.3 Å². The molecule has 0 radical (unpaired) electrons. The average Bonchev–Trinajstić information content (AvgIpc) is 2.43. The maximum absolute atomic E-state index is 9.17. The van der Waals surface area contributed by atoms with E-state index in [4.69, 9.17) is 19.7 Å². The van der Waals surface area contributed by atoms with Crippen molar-refractivity contribution in [3.05, 3.63) is 29.8 Å². The molecule has 0 heterocycles. The van der Waals surface area contributed by atoms with Gasteiger partial charge < -0.3 is 19.7 Å². The molecule has 0 aliphatic heterocycles. The number of hydrogen-bond donors (Lipinski definition) is 2. The van der Waals surface area contributed by atoms with Crippen LogP contribution in [0.4, 0.5) is 0 Å². The molecule has 2 rings (SSSR count). The van der Waals surface area contributed by atoms with Crippen molar-refractivity contribution in [3.63, 3.8) is 0 Å². The van der Waals surface area contributed by atoms with Gasteiger partial charge in [-0.3, -0.25) is 0 Å². The molecule has 1 fully saturated rings. The Hall–Kier alpha value is -1.10. The van der Waals surface area contributed by atoms with Gasteiger partial charge in [0.1, 0.15) is 5.75 Å². The van der Waals surface area contributed by atoms with Crippen molar-refractivity contribution in [2.45, 2.75) is 51.2 Å². The van der Waals surface area contributed by atoms with E-state index in [0.29, 0.717) is 18.6 Å². The summed E-state index contributed by atoms with van der Waals surface area (Å²) < 4.78 is 11.7. The molecule has 0 amide bonds. The maximum atomic E-state index is 9.17. The lowest BCUT2D eigenvalue weighted by atomic mass is 9.82. The van der Waals surface area contributed by atoms with Gasteiger partial charge in [-0.05, 0) is 57.2 Å². The summed E-state index contributed by atoms with van der Waals surface area (Å²) in [7, 11) is 0. The molecule has 0 bridgehead atoms. The lowest BCUT2D eigenvalue weighted by molar-refractivity contribution is -0.116. The molecule has 4 nitrogen and oxygen atoms in total. The van der Waals surface area contributed by atoms with Gasteiger partial charge in [-0.1, -0.05) is 12.1 Å². The number of ether oxygens (including phenoxy) is 2. The van der Waals surface area contributed by atoms with Crippen molar-refractivity contribution in [2.75, 3.05) is 19.8 Å². The molecule has 0 atom stereocenters. The maximum Gasteiger partial charge on any atom is 0.119 e. The molecule has 4 heteroatoms. The molecule has 0 spiro atoms. The minimum absolute atomic E-state index is 0.0477. The van der Waals surface area contributed by atoms with Gasteiger partial charge in [-0.25, -0.2) is 0 Å². The van der Waals surface area contributed by atoms with Gasteiger partial charge >= 0.3 is 0 Å². The first-order valence-electron chi connectivity index (χ1n) is 8.03. The van der Waals surface area contributed by atoms with Crippen molar-refractivity contribution < 1.29 is 19.7 Å². The zero-order chi connectivity index (χ0) is 16.2. The third-order valence-electron chi connectivity index (χ3n) is 3.99. The predicted octanol–water partition coefficient (Wildman–Crippen LogP) is 2.73. The molecular weight excluding hydrogens is 280 g/mol. The Balaban J connectivity index is 1.72. The summed E-state index contributed by atoms with van der Waals surface area (Å²) >= 11 is 0. The van der Waals surface area contributed by atoms with Crippen LogP contribution in [0.2, 0.25) is 0 Å². The summed E-state index contributed by atoms with van der Waals surface area (Å²) in [6.45, 7) is 6.88. The largest absolute Gasteiger partial charge is 0.493 e. The van der Waals surface area contributed by atoms with Crippen molar-refractivity contribution in [2.24, 2.45) is 5.92 Å². The van der Waals surface area contributed by atoms with E-state index in [1.165, 1.54) is 0 Å². The molecule has 0 saturated heterocycles. The van der Waals surface area contributed by atoms with Gasteiger partial charge in [0.05, 0.1) is 31.5 Å². The van der Waals surface area contributed by atoms with Gasteiger partial charge in [0, 0.05) is 5.92 Å². The predicted molar refractivity (Wildman–Crippen MR) is 86.2 cm³/mol. The number of hydrogen-bond acceptors (Lipinski definition) is 4. The molecule has 1 aliphatic rings. The van der Waals surface area contributed by atoms with Crippen molar-refractivity contribution in [1.82, 2.24) is 0 Å². The van der Waals surface area contributed by atoms with Crippen molar-refractivity contribution in [1.29, 1.82) is 0 Å². The van der Waals surface area contributed by atoms with Gasteiger partial charge in [-0.2, -0.15) is 0 Å². The summed E-state index contributed by atoms with van der Waals surface area (Å²) in [5.74, 6) is 1.18. The zero-order valence-electron chi connectivity index (χ0n) is 13.8. The Morgan fingerprint density at radius 2 is 1.68 bits per heavy atom. The quantitative estimate of drug-likeness (QED) is 0.813. The fourth-order valence-electron chi connectivity index (χ4n) is 2.73. The smallest absolute Gasteiger partial charge is 0.119 e. The number of aliphatic hydroxyl groups excluding tert-OH is 2. The summed E-state index contributed by atoms with van der Waals surface area (Å²) in [4.78, 5) is 0. The van der Waals surface area contributed by atoms with Crippen LogP contribution in [0.5, 0.6) is 5.75 Å². The molecular formula is C18H28O4. The average molecular weight is 308 g/mol. The van der Waals surface area contributed by atoms with E-state index in [1.54, 1.807) is 0 Å². The number of rotatable bonds is 7. The SMILES string of the molecule is CC(C)(C)OC1CC(COc2ccc(C(CO)CO)cc2)C1. The van der Waals surface area contributed by atoms with Crippen molar-refractivity contribution in [3.8, 4) is 5.75 Å². The van der Waals surface area contributed by atoms with E-state index in [9.17, 15) is 0 Å². The Morgan fingerprint density at radius 1 is 1.09 bits per heavy atom. The van der Waals surface area contributed by atoms with Crippen LogP contribution >= 0.6 is 0 Å². The fourth-order valence-corrected chi connectivity index (χ4v) is 2.73. The standard InChI is InChI=1S/C18H28O4/c1-18(2,3)22-17-8-13(9-17)12-21-16-6-4-14(5-7-16)15(10-19)11-20/h4-7,13,15,17,19-20H,8-12H2,1-3H3. The van der Waals surface area contributed by atoms with Crippen molar-refractivity contribution >= 4 is 0 Å². The topological polar surface area (TPSA) is 58.9 Å². The minimum atomic E-state index is -0.212. The van der Waals surface area contributed by atoms with Crippen LogP contribution in [0.1, 0.15) is 45.1 Å². The molecule has 1 saturated carbocycles. The summed E-state index contributed by atoms with van der Waals surface area (Å²) in [6, 6.07) is 7.60. The second-order valence-electron chi connectivity index (χ2n) is 7.13. The van der Waals surface area contributed by atoms with Crippen LogP contribution in [-0.2, 0) is 4.74 Å². The summed E-state index contributed by atoms with van der Waals surface area (Å²) in [6.07, 6.45) is 2.49. The summed E-state index contributed by atoms with van der Waals surface area (Å²) in [5, 5.41) is 18.3. The normalized spacial score (nSPS) is 21.7. The lowest BCUT2D eigenvalue weighted by Gasteiger charge is -2.39. The van der Waals surface area contributed by atoms with Crippen LogP contribution in [-0.4, -0.2) is 41.7 Å². The second-order valence-corrected chi connectivity index (χ2v) is 7.13. The van der Waals surface area contributed by atoms with E-state index in [0.717, 1.165) is 24.2 Å². The molecule has 0 unspecified atom stereocenters. The third-order valence-corrected chi connectivity index (χ3v) is 3.99. The minimum Gasteiger partial charge on any atom is -0.493 e. The lowest BCUT2D eigenvalue weighted by Crippen LogP contribution is -2.39. The molecule has 1 aromatic carbocycles. The highest BCUT2D eigenvalue weighted by Gasteiger charge is 2.33. The van der Waals surface area contributed by atoms with Gasteiger partial charge in [0.2, 0.25) is 0 Å². The van der Waals surface area contributed by atoms with Crippen LogP contribution in [0.25, 0.3) is 0 Å². The van der Waals surface area contributed by atoms with E-state index in [2.05, 4.69) is 20.8 Å². The van der Waals surface area contributed by atoms with Gasteiger partial charge in [0.25, 0.3) is 0 Å². The molecule has 1 aliphatic carbocycles. The number of aliphatic hydroxyl groups is 2. The first-order valence-corrected chi connectivity index (χ1v) is 8.03. The molecule has 1 aromatic rings. The van der Waals surface area contributed by atoms with Gasteiger partial charge in [0.15, 0.2) is 0 Å². The highest BCUT2D eigenvalue weighted by Crippen LogP contribution is 2.33. The second kappa shape index (κ2) is 7.44. The summed E-state index contributed by atoms with van der Waals surface area (Å²) in [5.41, 5.74) is 0.863. The highest BCUT2D eigenvalue weighted by atomic mass is 16.5. The van der Waals surface area contributed by atoms with E-state index < -0.39 is 0 Å². The van der Waals surface area contributed by atoms with Crippen LogP contribution in [0, 0.1) is 5.92 Å². The zero-order valence-corrected chi connectivity index (χ0v) is 13.8. The van der Waals surface area contributed by atoms with E-state index >= 15 is 0 Å². The highest BCUT2D eigenvalue weighted by molar-refractivity contribution is 5.29. The van der Waals surface area contributed by atoms with E-state index in [1.807, 2.05) is 24.3 Å². The molecule has 124 valence electrons. The molecule has 22 heavy (non-hydrogen) atoms. The monoisotopic (exact) mass is 308 g/mol. The molecule has 0 aromatic heterocycles. The Labute approximate surface area is 133 Å². The fraction of sp³-hybridized carbons (Fsp3) is 0.667. The van der Waals surface area contributed by atoms with E-state index in [-0.39, 0.29) is 24.7 Å². The Kier molecular flexibility index (Phi) is 5.84. The first-order chi connectivity index (χ1) is 10.4. The van der Waals surface area contributed by atoms with Crippen LogP contribution < -0.4 is 4.74 Å². The molecule has 2 N–H and O–H groups in total. The first kappa shape index (κ1) is 17.3. The third kappa shape index (κ3) is 4.97.